The van der Waals surface area contributed by atoms with Gasteiger partial charge in [-0.3, -0.25) is 5.43 Å². The highest BCUT2D eigenvalue weighted by Gasteiger charge is 2.33. The number of phenols is 1. The monoisotopic (exact) mass is 408 g/mol. The summed E-state index contributed by atoms with van der Waals surface area (Å²) in [5.74, 6) is 1.70. The zero-order valence-electron chi connectivity index (χ0n) is 17.5. The normalized spacial score (nSPS) is 17.4. The Hall–Kier alpha value is -2.47. The van der Waals surface area contributed by atoms with E-state index in [0.29, 0.717) is 11.3 Å². The fraction of sp³-hybridized carbons (Fsp3) is 0.435. The number of nitrogens with zero attached hydrogens (tertiary/aromatic N) is 3. The number of hydrogen-bond acceptors (Lipinski definition) is 6. The van der Waals surface area contributed by atoms with Gasteiger partial charge in [-0.1, -0.05) is 27.2 Å². The molecule has 0 fully saturated rings. The quantitative estimate of drug-likeness (QED) is 0.415. The molecular formula is C23H28N4OS. The lowest BCUT2D eigenvalue weighted by Crippen LogP contribution is -2.28. The van der Waals surface area contributed by atoms with Crippen molar-refractivity contribution in [1.82, 2.24) is 9.97 Å². The molecular weight excluding hydrogens is 380 g/mol. The predicted octanol–water partition coefficient (Wildman–Crippen LogP) is 5.77. The van der Waals surface area contributed by atoms with Gasteiger partial charge in [-0.05, 0) is 72.9 Å². The molecule has 2 heterocycles. The molecule has 1 unspecified atom stereocenters. The van der Waals surface area contributed by atoms with Crippen molar-refractivity contribution in [2.45, 2.75) is 53.4 Å². The third-order valence-corrected chi connectivity index (χ3v) is 7.67. The summed E-state index contributed by atoms with van der Waals surface area (Å²) < 4.78 is 0. The van der Waals surface area contributed by atoms with Crippen LogP contribution >= 0.6 is 11.3 Å². The SMILES string of the molecule is CCC(C)(C)C1CCc2sc3ncnc(NN=C(C)c4ccc(O)cc4)c3c2C1. The molecule has 2 aromatic heterocycles. The highest BCUT2D eigenvalue weighted by molar-refractivity contribution is 7.19. The van der Waals surface area contributed by atoms with Crippen molar-refractivity contribution in [3.8, 4) is 5.75 Å². The molecule has 2 N–H and O–H groups in total. The van der Waals surface area contributed by atoms with Crippen LogP contribution in [0.1, 0.15) is 56.5 Å². The number of anilines is 1. The summed E-state index contributed by atoms with van der Waals surface area (Å²) in [7, 11) is 0. The van der Waals surface area contributed by atoms with Gasteiger partial charge in [0.25, 0.3) is 0 Å². The maximum Gasteiger partial charge on any atom is 0.158 e. The standard InChI is InChI=1S/C23H28N4OS/c1-5-23(3,4)16-8-11-19-18(12-16)20-21(24-13-25-22(20)29-19)27-26-14(2)15-6-9-17(28)10-7-15/h6-7,9-10,13,16,28H,5,8,11-12H2,1-4H3,(H,24,25,27). The van der Waals surface area contributed by atoms with Crippen LogP contribution in [0.5, 0.6) is 5.75 Å². The van der Waals surface area contributed by atoms with Crippen molar-refractivity contribution in [1.29, 1.82) is 0 Å². The zero-order chi connectivity index (χ0) is 20.6. The van der Waals surface area contributed by atoms with Gasteiger partial charge >= 0.3 is 0 Å². The molecule has 0 bridgehead atoms. The molecule has 0 saturated carbocycles. The second-order valence-corrected chi connectivity index (χ2v) is 9.63. The van der Waals surface area contributed by atoms with E-state index in [4.69, 9.17) is 0 Å². The van der Waals surface area contributed by atoms with Crippen molar-refractivity contribution in [2.75, 3.05) is 5.43 Å². The van der Waals surface area contributed by atoms with Gasteiger partial charge in [-0.15, -0.1) is 11.3 Å². The van der Waals surface area contributed by atoms with Crippen LogP contribution < -0.4 is 5.43 Å². The Morgan fingerprint density at radius 1 is 1.28 bits per heavy atom. The summed E-state index contributed by atoms with van der Waals surface area (Å²) in [6.07, 6.45) is 6.26. The van der Waals surface area contributed by atoms with Gasteiger partial charge in [0.2, 0.25) is 0 Å². The van der Waals surface area contributed by atoms with Gasteiger partial charge in [-0.25, -0.2) is 9.97 Å². The molecule has 29 heavy (non-hydrogen) atoms. The fourth-order valence-electron chi connectivity index (χ4n) is 4.05. The number of fused-ring (bicyclic) bond motifs is 3. The first-order valence-corrected chi connectivity index (χ1v) is 11.1. The molecule has 1 aliphatic rings. The van der Waals surface area contributed by atoms with Crippen LogP contribution in [0.15, 0.2) is 35.7 Å². The Morgan fingerprint density at radius 3 is 2.76 bits per heavy atom. The molecule has 5 nitrogen and oxygen atoms in total. The van der Waals surface area contributed by atoms with E-state index < -0.39 is 0 Å². The molecule has 0 radical (unpaired) electrons. The average Bonchev–Trinajstić information content (AvgIpc) is 3.11. The molecule has 0 saturated heterocycles. The third-order valence-electron chi connectivity index (χ3n) is 6.47. The summed E-state index contributed by atoms with van der Waals surface area (Å²) in [5, 5.41) is 15.2. The van der Waals surface area contributed by atoms with E-state index in [-0.39, 0.29) is 5.75 Å². The number of aryl methyl sites for hydroxylation is 1. The first-order chi connectivity index (χ1) is 13.9. The van der Waals surface area contributed by atoms with Gasteiger partial charge in [0.05, 0.1) is 11.1 Å². The number of hydrogen-bond donors (Lipinski definition) is 2. The summed E-state index contributed by atoms with van der Waals surface area (Å²) in [5.41, 5.74) is 6.72. The van der Waals surface area contributed by atoms with Crippen molar-refractivity contribution in [2.24, 2.45) is 16.4 Å². The number of aromatic nitrogens is 2. The van der Waals surface area contributed by atoms with Gasteiger partial charge < -0.3 is 5.11 Å². The fourth-order valence-corrected chi connectivity index (χ4v) is 5.24. The highest BCUT2D eigenvalue weighted by atomic mass is 32.1. The lowest BCUT2D eigenvalue weighted by atomic mass is 9.69. The van der Waals surface area contributed by atoms with E-state index in [1.807, 2.05) is 19.1 Å². The molecule has 152 valence electrons. The Morgan fingerprint density at radius 2 is 2.03 bits per heavy atom. The summed E-state index contributed by atoms with van der Waals surface area (Å²) in [6, 6.07) is 7.05. The molecule has 0 spiro atoms. The number of thiophene rings is 1. The van der Waals surface area contributed by atoms with E-state index in [2.05, 4.69) is 41.3 Å². The smallest absolute Gasteiger partial charge is 0.158 e. The van der Waals surface area contributed by atoms with Crippen LogP contribution in [0.25, 0.3) is 10.2 Å². The van der Waals surface area contributed by atoms with Crippen molar-refractivity contribution in [3.63, 3.8) is 0 Å². The topological polar surface area (TPSA) is 70.4 Å². The first kappa shape index (κ1) is 19.8. The lowest BCUT2D eigenvalue weighted by molar-refractivity contribution is 0.184. The Kier molecular flexibility index (Phi) is 5.30. The number of phenolic OH excluding ortho intramolecular Hbond substituents is 1. The molecule has 6 heteroatoms. The van der Waals surface area contributed by atoms with E-state index in [1.54, 1.807) is 29.8 Å². The van der Waals surface area contributed by atoms with E-state index >= 15 is 0 Å². The van der Waals surface area contributed by atoms with Gasteiger partial charge in [0.1, 0.15) is 16.9 Å². The number of rotatable bonds is 5. The lowest BCUT2D eigenvalue weighted by Gasteiger charge is -2.36. The van der Waals surface area contributed by atoms with Gasteiger partial charge in [0, 0.05) is 4.88 Å². The number of aromatic hydroxyl groups is 1. The van der Waals surface area contributed by atoms with Gasteiger partial charge in [0.15, 0.2) is 5.82 Å². The van der Waals surface area contributed by atoms with Crippen LogP contribution in [0.2, 0.25) is 0 Å². The number of nitrogens with one attached hydrogen (secondary N) is 1. The maximum absolute atomic E-state index is 9.48. The molecule has 0 amide bonds. The Labute approximate surface area is 175 Å². The number of hydrazone groups is 1. The largest absolute Gasteiger partial charge is 0.508 e. The molecule has 1 atom stereocenters. The zero-order valence-corrected chi connectivity index (χ0v) is 18.3. The Bertz CT molecular complexity index is 1050. The van der Waals surface area contributed by atoms with Crippen LogP contribution in [0.3, 0.4) is 0 Å². The van der Waals surface area contributed by atoms with Crippen LogP contribution in [0.4, 0.5) is 5.82 Å². The second kappa shape index (κ2) is 7.75. The molecule has 4 rings (SSSR count). The first-order valence-electron chi connectivity index (χ1n) is 10.2. The minimum Gasteiger partial charge on any atom is -0.508 e. The van der Waals surface area contributed by atoms with Gasteiger partial charge in [-0.2, -0.15) is 5.10 Å². The van der Waals surface area contributed by atoms with Crippen molar-refractivity contribution >= 4 is 33.1 Å². The van der Waals surface area contributed by atoms with E-state index in [1.165, 1.54) is 23.3 Å². The number of benzene rings is 1. The summed E-state index contributed by atoms with van der Waals surface area (Å²) in [4.78, 5) is 11.5. The third kappa shape index (κ3) is 3.86. The highest BCUT2D eigenvalue weighted by Crippen LogP contribution is 2.45. The minimum atomic E-state index is 0.251. The molecule has 1 aliphatic carbocycles. The summed E-state index contributed by atoms with van der Waals surface area (Å²) >= 11 is 1.80. The summed E-state index contributed by atoms with van der Waals surface area (Å²) in [6.45, 7) is 9.01. The van der Waals surface area contributed by atoms with E-state index in [0.717, 1.165) is 40.2 Å². The van der Waals surface area contributed by atoms with Crippen molar-refractivity contribution < 1.29 is 5.11 Å². The predicted molar refractivity (Wildman–Crippen MR) is 121 cm³/mol. The van der Waals surface area contributed by atoms with Crippen LogP contribution in [-0.4, -0.2) is 20.8 Å². The average molecular weight is 409 g/mol. The van der Waals surface area contributed by atoms with Crippen molar-refractivity contribution in [3.05, 3.63) is 46.6 Å². The molecule has 0 aliphatic heterocycles. The van der Waals surface area contributed by atoms with E-state index in [9.17, 15) is 5.11 Å². The molecule has 1 aromatic carbocycles. The van der Waals surface area contributed by atoms with Crippen LogP contribution in [0, 0.1) is 11.3 Å². The molecule has 3 aromatic rings. The second-order valence-electron chi connectivity index (χ2n) is 8.54. The minimum absolute atomic E-state index is 0.251. The van der Waals surface area contributed by atoms with Crippen LogP contribution in [-0.2, 0) is 12.8 Å². The Balaban J connectivity index is 1.67. The maximum atomic E-state index is 9.48.